The van der Waals surface area contributed by atoms with Crippen molar-refractivity contribution in [2.24, 2.45) is 7.05 Å². The van der Waals surface area contributed by atoms with E-state index in [1.54, 1.807) is 6.26 Å². The van der Waals surface area contributed by atoms with E-state index < -0.39 is 11.0 Å². The third kappa shape index (κ3) is 4.62. The molecule has 168 valence electrons. The van der Waals surface area contributed by atoms with Crippen molar-refractivity contribution in [2.75, 3.05) is 6.26 Å². The highest BCUT2D eigenvalue weighted by atomic mass is 32.2. The van der Waals surface area contributed by atoms with Crippen LogP contribution in [0.2, 0.25) is 0 Å². The van der Waals surface area contributed by atoms with Crippen molar-refractivity contribution in [2.45, 2.75) is 51.0 Å². The normalized spacial score (nSPS) is 19.0. The first-order valence-electron chi connectivity index (χ1n) is 11.2. The predicted octanol–water partition coefficient (Wildman–Crippen LogP) is 4.09. The molecule has 0 saturated heterocycles. The lowest BCUT2D eigenvalue weighted by atomic mass is 9.77. The standard InChI is InChI=1S/C26H31N3O2S/c1-17(2)25-26(30)24-21(22(28-32(4)31)13-14-23(24)29(3)27-25)16-18-9-8-12-20(15-18)19-10-6-5-7-11-19/h5-12,15,17,21-22,28H,13-14,16H2,1-4H3. The molecular formula is C26H31N3O2S. The van der Waals surface area contributed by atoms with Crippen LogP contribution in [0.1, 0.15) is 54.6 Å². The molecule has 5 nitrogen and oxygen atoms in total. The number of hydrogen-bond acceptors (Lipinski definition) is 3. The lowest BCUT2D eigenvalue weighted by molar-refractivity contribution is 0.414. The van der Waals surface area contributed by atoms with E-state index in [2.05, 4.69) is 46.2 Å². The molecule has 0 amide bonds. The Kier molecular flexibility index (Phi) is 6.72. The van der Waals surface area contributed by atoms with Gasteiger partial charge in [0.05, 0.1) is 11.0 Å². The SMILES string of the molecule is CC(C)c1nn(C)c2c(c1=O)C(Cc1cccc(-c3ccccc3)c1)C(NS(C)=O)CC2. The Balaban J connectivity index is 1.79. The van der Waals surface area contributed by atoms with Gasteiger partial charge in [0.1, 0.15) is 5.69 Å². The summed E-state index contributed by atoms with van der Waals surface area (Å²) in [5.41, 5.74) is 5.99. The minimum Gasteiger partial charge on any atom is -0.287 e. The third-order valence-electron chi connectivity index (χ3n) is 6.34. The number of rotatable bonds is 6. The minimum absolute atomic E-state index is 0.0242. The van der Waals surface area contributed by atoms with Gasteiger partial charge in [0.25, 0.3) is 0 Å². The molecule has 6 heteroatoms. The first-order valence-corrected chi connectivity index (χ1v) is 12.7. The van der Waals surface area contributed by atoms with Gasteiger partial charge in [0.15, 0.2) is 0 Å². The van der Waals surface area contributed by atoms with Gasteiger partial charge >= 0.3 is 0 Å². The topological polar surface area (TPSA) is 64.0 Å². The predicted molar refractivity (Wildman–Crippen MR) is 131 cm³/mol. The van der Waals surface area contributed by atoms with Crippen molar-refractivity contribution >= 4 is 11.0 Å². The molecule has 4 rings (SSSR count). The average molecular weight is 450 g/mol. The van der Waals surface area contributed by atoms with Crippen molar-refractivity contribution in [3.8, 4) is 11.1 Å². The van der Waals surface area contributed by atoms with E-state index >= 15 is 0 Å². The minimum atomic E-state index is -1.15. The second kappa shape index (κ2) is 9.51. The van der Waals surface area contributed by atoms with Gasteiger partial charge in [-0.3, -0.25) is 9.48 Å². The number of aryl methyl sites for hydroxylation is 1. The molecule has 0 spiro atoms. The summed E-state index contributed by atoms with van der Waals surface area (Å²) in [5.74, 6) is -0.0115. The largest absolute Gasteiger partial charge is 0.287 e. The molecule has 1 aliphatic rings. The maximum Gasteiger partial charge on any atom is 0.207 e. The zero-order chi connectivity index (χ0) is 22.8. The van der Waals surface area contributed by atoms with Crippen molar-refractivity contribution in [3.05, 3.63) is 87.3 Å². The van der Waals surface area contributed by atoms with Gasteiger partial charge < -0.3 is 0 Å². The number of nitrogens with one attached hydrogen (secondary N) is 1. The number of benzene rings is 2. The van der Waals surface area contributed by atoms with Gasteiger partial charge in [-0.2, -0.15) is 5.10 Å². The molecule has 0 fully saturated rings. The van der Waals surface area contributed by atoms with E-state index in [4.69, 9.17) is 0 Å². The van der Waals surface area contributed by atoms with E-state index in [-0.39, 0.29) is 23.3 Å². The maximum atomic E-state index is 13.5. The molecule has 1 heterocycles. The average Bonchev–Trinajstić information content (AvgIpc) is 2.77. The molecule has 0 aliphatic heterocycles. The Labute approximate surface area is 192 Å². The van der Waals surface area contributed by atoms with Gasteiger partial charge in [0, 0.05) is 42.4 Å². The Bertz CT molecular complexity index is 1190. The van der Waals surface area contributed by atoms with Gasteiger partial charge in [0.2, 0.25) is 5.43 Å². The molecule has 3 aromatic rings. The first kappa shape index (κ1) is 22.6. The second-order valence-corrected chi connectivity index (χ2v) is 10.1. The lowest BCUT2D eigenvalue weighted by Gasteiger charge is -2.34. The van der Waals surface area contributed by atoms with Crippen LogP contribution in [-0.2, 0) is 30.9 Å². The molecule has 3 unspecified atom stereocenters. The van der Waals surface area contributed by atoms with Crippen molar-refractivity contribution in [1.82, 2.24) is 14.5 Å². The lowest BCUT2D eigenvalue weighted by Crippen LogP contribution is -2.44. The van der Waals surface area contributed by atoms with E-state index in [9.17, 15) is 9.00 Å². The number of nitrogens with zero attached hydrogens (tertiary/aromatic N) is 2. The summed E-state index contributed by atoms with van der Waals surface area (Å²) in [7, 11) is 0.780. The first-order chi connectivity index (χ1) is 15.3. The van der Waals surface area contributed by atoms with Crippen LogP contribution < -0.4 is 10.2 Å². The Morgan fingerprint density at radius 2 is 1.84 bits per heavy atom. The molecule has 3 atom stereocenters. The van der Waals surface area contributed by atoms with E-state index in [1.807, 2.05) is 43.8 Å². The fraction of sp³-hybridized carbons (Fsp3) is 0.385. The van der Waals surface area contributed by atoms with Gasteiger partial charge in [-0.15, -0.1) is 0 Å². The van der Waals surface area contributed by atoms with Crippen molar-refractivity contribution < 1.29 is 4.21 Å². The molecular weight excluding hydrogens is 418 g/mol. The van der Waals surface area contributed by atoms with E-state index in [0.29, 0.717) is 12.1 Å². The Morgan fingerprint density at radius 1 is 1.12 bits per heavy atom. The van der Waals surface area contributed by atoms with Crippen LogP contribution in [-0.4, -0.2) is 26.3 Å². The van der Waals surface area contributed by atoms with Crippen molar-refractivity contribution in [1.29, 1.82) is 0 Å². The zero-order valence-electron chi connectivity index (χ0n) is 19.2. The van der Waals surface area contributed by atoms with Crippen LogP contribution in [0.4, 0.5) is 0 Å². The molecule has 32 heavy (non-hydrogen) atoms. The number of aromatic nitrogens is 2. The van der Waals surface area contributed by atoms with Gasteiger partial charge in [-0.1, -0.05) is 68.4 Å². The van der Waals surface area contributed by atoms with Crippen molar-refractivity contribution in [3.63, 3.8) is 0 Å². The summed E-state index contributed by atoms with van der Waals surface area (Å²) in [6, 6.07) is 18.8. The zero-order valence-corrected chi connectivity index (χ0v) is 20.0. The Hall–Kier alpha value is -2.57. The summed E-state index contributed by atoms with van der Waals surface area (Å²) in [5, 5.41) is 4.59. The van der Waals surface area contributed by atoms with Crippen LogP contribution in [0.25, 0.3) is 11.1 Å². The summed E-state index contributed by atoms with van der Waals surface area (Å²) in [4.78, 5) is 13.5. The molecule has 1 aliphatic carbocycles. The number of fused-ring (bicyclic) bond motifs is 1. The summed E-state index contributed by atoms with van der Waals surface area (Å²) >= 11 is 0. The molecule has 0 saturated carbocycles. The van der Waals surface area contributed by atoms with Gasteiger partial charge in [-0.25, -0.2) is 8.93 Å². The van der Waals surface area contributed by atoms with Crippen LogP contribution in [0.15, 0.2) is 59.4 Å². The Morgan fingerprint density at radius 3 is 2.53 bits per heavy atom. The second-order valence-electron chi connectivity index (χ2n) is 8.95. The van der Waals surface area contributed by atoms with Crippen LogP contribution in [0.3, 0.4) is 0 Å². The fourth-order valence-corrected chi connectivity index (χ4v) is 5.53. The van der Waals surface area contributed by atoms with Crippen LogP contribution in [0, 0.1) is 0 Å². The molecule has 0 bridgehead atoms. The highest BCUT2D eigenvalue weighted by Crippen LogP contribution is 2.34. The van der Waals surface area contributed by atoms with E-state index in [1.165, 1.54) is 11.1 Å². The monoisotopic (exact) mass is 449 g/mol. The number of hydrogen-bond donors (Lipinski definition) is 1. The fourth-order valence-electron chi connectivity index (χ4n) is 4.82. The highest BCUT2D eigenvalue weighted by Gasteiger charge is 2.35. The smallest absolute Gasteiger partial charge is 0.207 e. The molecule has 1 N–H and O–H groups in total. The molecule has 0 radical (unpaired) electrons. The quantitative estimate of drug-likeness (QED) is 0.616. The van der Waals surface area contributed by atoms with E-state index in [0.717, 1.165) is 29.7 Å². The summed E-state index contributed by atoms with van der Waals surface area (Å²) < 4.78 is 17.2. The van der Waals surface area contributed by atoms with Gasteiger partial charge in [-0.05, 0) is 36.0 Å². The molecule has 2 aromatic carbocycles. The van der Waals surface area contributed by atoms with Crippen LogP contribution >= 0.6 is 0 Å². The molecule has 1 aromatic heterocycles. The summed E-state index contributed by atoms with van der Waals surface area (Å²) in [6.45, 7) is 4.02. The van der Waals surface area contributed by atoms with Crippen LogP contribution in [0.5, 0.6) is 0 Å². The highest BCUT2D eigenvalue weighted by molar-refractivity contribution is 7.82. The summed E-state index contributed by atoms with van der Waals surface area (Å²) in [6.07, 6.45) is 3.94. The maximum absolute atomic E-state index is 13.5. The third-order valence-corrected chi connectivity index (χ3v) is 6.97.